The number of aliphatic hydroxyl groups excluding tert-OH is 1. The summed E-state index contributed by atoms with van der Waals surface area (Å²) < 4.78 is 26.5. The number of nitro groups is 1. The summed E-state index contributed by atoms with van der Waals surface area (Å²) in [6.07, 6.45) is -0.622. The third kappa shape index (κ3) is 3.12. The highest BCUT2D eigenvalue weighted by molar-refractivity contribution is 7.89. The normalized spacial score (nSPS) is 22.9. The molecular formula is C11H15N3O5S. The van der Waals surface area contributed by atoms with Gasteiger partial charge in [0.15, 0.2) is 4.90 Å². The Kier molecular flexibility index (Phi) is 4.33. The fourth-order valence-corrected chi connectivity index (χ4v) is 3.32. The number of nitro benzene ring substituents is 1. The van der Waals surface area contributed by atoms with Crippen LogP contribution in [0.15, 0.2) is 29.2 Å². The van der Waals surface area contributed by atoms with Crippen molar-refractivity contribution in [2.75, 3.05) is 19.6 Å². The van der Waals surface area contributed by atoms with Crippen LogP contribution in [0.5, 0.6) is 0 Å². The first kappa shape index (κ1) is 14.9. The van der Waals surface area contributed by atoms with Gasteiger partial charge in [0.2, 0.25) is 10.0 Å². The lowest BCUT2D eigenvalue weighted by Crippen LogP contribution is -2.34. The summed E-state index contributed by atoms with van der Waals surface area (Å²) in [5.41, 5.74) is -0.468. The van der Waals surface area contributed by atoms with E-state index in [9.17, 15) is 23.6 Å². The number of sulfonamides is 1. The van der Waals surface area contributed by atoms with Gasteiger partial charge in [-0.1, -0.05) is 12.1 Å². The van der Waals surface area contributed by atoms with Crippen LogP contribution in [0, 0.1) is 16.0 Å². The molecule has 0 aromatic heterocycles. The molecular weight excluding hydrogens is 286 g/mol. The first-order valence-corrected chi connectivity index (χ1v) is 7.52. The monoisotopic (exact) mass is 301 g/mol. The van der Waals surface area contributed by atoms with E-state index in [0.717, 1.165) is 6.07 Å². The first-order valence-electron chi connectivity index (χ1n) is 6.03. The van der Waals surface area contributed by atoms with Gasteiger partial charge in [-0.05, 0) is 6.07 Å². The molecule has 1 saturated heterocycles. The van der Waals surface area contributed by atoms with Crippen molar-refractivity contribution in [3.63, 3.8) is 0 Å². The Balaban J connectivity index is 2.16. The van der Waals surface area contributed by atoms with Crippen molar-refractivity contribution in [2.24, 2.45) is 5.92 Å². The van der Waals surface area contributed by atoms with E-state index in [1.54, 1.807) is 0 Å². The number of nitrogens with zero attached hydrogens (tertiary/aromatic N) is 1. The van der Waals surface area contributed by atoms with E-state index in [2.05, 4.69) is 10.0 Å². The van der Waals surface area contributed by atoms with Gasteiger partial charge in [-0.15, -0.1) is 0 Å². The predicted molar refractivity (Wildman–Crippen MR) is 70.7 cm³/mol. The average Bonchev–Trinajstić information content (AvgIpc) is 2.82. The van der Waals surface area contributed by atoms with Gasteiger partial charge < -0.3 is 10.4 Å². The molecule has 8 nitrogen and oxygen atoms in total. The van der Waals surface area contributed by atoms with Crippen molar-refractivity contribution in [2.45, 2.75) is 11.0 Å². The predicted octanol–water partition coefficient (Wildman–Crippen LogP) is -0.547. The standard InChI is InChI=1S/C11H15N3O5S/c15-10-7-12-5-8(10)6-13-20(18,19)11-4-2-1-3-9(11)14(16)17/h1-4,8,10,12-13,15H,5-7H2. The van der Waals surface area contributed by atoms with Crippen LogP contribution in [-0.4, -0.2) is 44.2 Å². The molecule has 2 atom stereocenters. The fraction of sp³-hybridized carbons (Fsp3) is 0.455. The van der Waals surface area contributed by atoms with E-state index in [4.69, 9.17) is 0 Å². The highest BCUT2D eigenvalue weighted by Gasteiger charge is 2.29. The van der Waals surface area contributed by atoms with Crippen LogP contribution in [-0.2, 0) is 10.0 Å². The zero-order valence-corrected chi connectivity index (χ0v) is 11.3. The Labute approximate surface area is 116 Å². The Morgan fingerprint density at radius 1 is 1.40 bits per heavy atom. The average molecular weight is 301 g/mol. The lowest BCUT2D eigenvalue weighted by Gasteiger charge is -2.14. The van der Waals surface area contributed by atoms with Crippen LogP contribution in [0.25, 0.3) is 0 Å². The maximum atomic E-state index is 12.1. The number of para-hydroxylation sites is 1. The summed E-state index contributed by atoms with van der Waals surface area (Å²) in [5.74, 6) is -0.243. The molecule has 2 rings (SSSR count). The van der Waals surface area contributed by atoms with E-state index in [-0.39, 0.29) is 17.4 Å². The smallest absolute Gasteiger partial charge is 0.289 e. The molecule has 1 aliphatic rings. The molecule has 3 N–H and O–H groups in total. The SMILES string of the molecule is O=[N+]([O-])c1ccccc1S(=O)(=O)NCC1CNCC1O. The van der Waals surface area contributed by atoms with Gasteiger partial charge in [-0.3, -0.25) is 10.1 Å². The first-order chi connectivity index (χ1) is 9.42. The Morgan fingerprint density at radius 2 is 2.10 bits per heavy atom. The number of β-amino-alcohol motifs (C(OH)–C–C–N with tert-alkyl or cyclic N) is 1. The van der Waals surface area contributed by atoms with Gasteiger partial charge in [-0.2, -0.15) is 0 Å². The second-order valence-corrected chi connectivity index (χ2v) is 6.30. The molecule has 1 aliphatic heterocycles. The van der Waals surface area contributed by atoms with E-state index in [1.165, 1.54) is 18.2 Å². The van der Waals surface area contributed by atoms with Crippen LogP contribution in [0.4, 0.5) is 5.69 Å². The van der Waals surface area contributed by atoms with Crippen molar-refractivity contribution in [1.29, 1.82) is 0 Å². The molecule has 20 heavy (non-hydrogen) atoms. The Morgan fingerprint density at radius 3 is 2.70 bits per heavy atom. The highest BCUT2D eigenvalue weighted by Crippen LogP contribution is 2.22. The molecule has 0 aliphatic carbocycles. The van der Waals surface area contributed by atoms with Crippen LogP contribution in [0.1, 0.15) is 0 Å². The summed E-state index contributed by atoms with van der Waals surface area (Å²) in [4.78, 5) is 9.74. The van der Waals surface area contributed by atoms with E-state index in [1.807, 2.05) is 0 Å². The Hall–Kier alpha value is -1.55. The Bertz CT molecular complexity index is 604. The van der Waals surface area contributed by atoms with Gasteiger partial charge in [0.05, 0.1) is 11.0 Å². The number of nitrogens with one attached hydrogen (secondary N) is 2. The van der Waals surface area contributed by atoms with E-state index >= 15 is 0 Å². The van der Waals surface area contributed by atoms with Crippen molar-refractivity contribution < 1.29 is 18.4 Å². The number of benzene rings is 1. The molecule has 1 aromatic rings. The van der Waals surface area contributed by atoms with Crippen LogP contribution in [0.2, 0.25) is 0 Å². The van der Waals surface area contributed by atoms with Crippen molar-refractivity contribution in [1.82, 2.24) is 10.0 Å². The highest BCUT2D eigenvalue weighted by atomic mass is 32.2. The molecule has 1 aromatic carbocycles. The molecule has 1 heterocycles. The number of rotatable bonds is 5. The molecule has 2 unspecified atom stereocenters. The van der Waals surface area contributed by atoms with Crippen LogP contribution < -0.4 is 10.0 Å². The van der Waals surface area contributed by atoms with Crippen LogP contribution >= 0.6 is 0 Å². The van der Waals surface area contributed by atoms with Gasteiger partial charge in [-0.25, -0.2) is 13.1 Å². The third-order valence-corrected chi connectivity index (χ3v) is 4.66. The zero-order valence-electron chi connectivity index (χ0n) is 10.5. The summed E-state index contributed by atoms with van der Waals surface area (Å²) in [7, 11) is -3.98. The van der Waals surface area contributed by atoms with Gasteiger partial charge in [0.25, 0.3) is 5.69 Å². The van der Waals surface area contributed by atoms with Gasteiger partial charge in [0, 0.05) is 31.6 Å². The molecule has 0 amide bonds. The van der Waals surface area contributed by atoms with Gasteiger partial charge >= 0.3 is 0 Å². The molecule has 1 fully saturated rings. The largest absolute Gasteiger partial charge is 0.391 e. The summed E-state index contributed by atoms with van der Waals surface area (Å²) >= 11 is 0. The molecule has 0 saturated carbocycles. The summed E-state index contributed by atoms with van der Waals surface area (Å²) in [5, 5.41) is 23.4. The summed E-state index contributed by atoms with van der Waals surface area (Å²) in [6, 6.07) is 5.15. The number of aliphatic hydroxyl groups is 1. The maximum Gasteiger partial charge on any atom is 0.289 e. The van der Waals surface area contributed by atoms with Crippen molar-refractivity contribution in [3.8, 4) is 0 Å². The molecule has 0 spiro atoms. The van der Waals surface area contributed by atoms with Crippen molar-refractivity contribution >= 4 is 15.7 Å². The fourth-order valence-electron chi connectivity index (χ4n) is 2.06. The minimum atomic E-state index is -3.98. The third-order valence-electron chi connectivity index (χ3n) is 3.19. The molecule has 9 heteroatoms. The molecule has 110 valence electrons. The quantitative estimate of drug-likeness (QED) is 0.496. The molecule has 0 bridgehead atoms. The zero-order chi connectivity index (χ0) is 14.8. The minimum absolute atomic E-state index is 0.0303. The maximum absolute atomic E-state index is 12.1. The number of hydrogen-bond donors (Lipinski definition) is 3. The van der Waals surface area contributed by atoms with Crippen LogP contribution in [0.3, 0.4) is 0 Å². The lowest BCUT2D eigenvalue weighted by molar-refractivity contribution is -0.387. The topological polar surface area (TPSA) is 122 Å². The molecule has 0 radical (unpaired) electrons. The van der Waals surface area contributed by atoms with E-state index < -0.39 is 26.7 Å². The minimum Gasteiger partial charge on any atom is -0.391 e. The lowest BCUT2D eigenvalue weighted by atomic mass is 10.1. The summed E-state index contributed by atoms with van der Waals surface area (Å²) in [6.45, 7) is 0.945. The van der Waals surface area contributed by atoms with E-state index in [0.29, 0.717) is 13.1 Å². The van der Waals surface area contributed by atoms with Crippen molar-refractivity contribution in [3.05, 3.63) is 34.4 Å². The number of hydrogen-bond acceptors (Lipinski definition) is 6. The second kappa shape index (κ2) is 5.83. The second-order valence-electron chi connectivity index (χ2n) is 4.56. The van der Waals surface area contributed by atoms with Gasteiger partial charge in [0.1, 0.15) is 0 Å².